The molecule has 1 amide bonds. The summed E-state index contributed by atoms with van der Waals surface area (Å²) in [5.74, 6) is 0.891. The lowest BCUT2D eigenvalue weighted by atomic mass is 10.2. The van der Waals surface area contributed by atoms with Crippen molar-refractivity contribution < 1.29 is 9.21 Å². The van der Waals surface area contributed by atoms with Gasteiger partial charge in [-0.25, -0.2) is 0 Å². The molecule has 4 rings (SSSR count). The van der Waals surface area contributed by atoms with Crippen LogP contribution in [0.3, 0.4) is 0 Å². The molecule has 0 saturated heterocycles. The summed E-state index contributed by atoms with van der Waals surface area (Å²) in [7, 11) is 0. The standard InChI is InChI=1S/C23H25ClN4O2/c1-2-27(14-17-8-4-3-5-9-17)16-22(29)28(18-12-13-18)15-21-25-26-23(30-21)19-10-6-7-11-20(19)24/h3-11,18H,2,12-16H2,1H3. The van der Waals surface area contributed by atoms with Gasteiger partial charge in [-0.2, -0.15) is 0 Å². The van der Waals surface area contributed by atoms with Crippen molar-refractivity contribution in [1.82, 2.24) is 20.0 Å². The lowest BCUT2D eigenvalue weighted by Crippen LogP contribution is -2.41. The van der Waals surface area contributed by atoms with Crippen molar-refractivity contribution in [3.63, 3.8) is 0 Å². The van der Waals surface area contributed by atoms with Gasteiger partial charge >= 0.3 is 0 Å². The molecule has 7 heteroatoms. The SMILES string of the molecule is CCN(CC(=O)N(Cc1nnc(-c2ccccc2Cl)o1)C1CC1)Cc1ccccc1. The van der Waals surface area contributed by atoms with Crippen LogP contribution in [0.15, 0.2) is 59.0 Å². The maximum absolute atomic E-state index is 13.1. The van der Waals surface area contributed by atoms with E-state index in [0.717, 1.165) is 25.9 Å². The summed E-state index contributed by atoms with van der Waals surface area (Å²) in [5.41, 5.74) is 1.90. The van der Waals surface area contributed by atoms with Crippen LogP contribution in [0.4, 0.5) is 0 Å². The van der Waals surface area contributed by atoms with Crippen LogP contribution in [0.1, 0.15) is 31.2 Å². The largest absolute Gasteiger partial charge is 0.419 e. The van der Waals surface area contributed by atoms with E-state index in [9.17, 15) is 4.79 Å². The quantitative estimate of drug-likeness (QED) is 0.509. The van der Waals surface area contributed by atoms with Gasteiger partial charge in [0.1, 0.15) is 0 Å². The van der Waals surface area contributed by atoms with E-state index in [1.807, 2.05) is 41.3 Å². The number of aromatic nitrogens is 2. The zero-order valence-electron chi connectivity index (χ0n) is 17.0. The highest BCUT2D eigenvalue weighted by molar-refractivity contribution is 6.33. The topological polar surface area (TPSA) is 62.5 Å². The third-order valence-electron chi connectivity index (χ3n) is 5.24. The number of benzene rings is 2. The van der Waals surface area contributed by atoms with E-state index in [0.29, 0.717) is 35.5 Å². The Labute approximate surface area is 181 Å². The molecule has 0 atom stereocenters. The highest BCUT2D eigenvalue weighted by Gasteiger charge is 2.34. The first-order valence-electron chi connectivity index (χ1n) is 10.3. The Kier molecular flexibility index (Phi) is 6.45. The maximum Gasteiger partial charge on any atom is 0.249 e. The van der Waals surface area contributed by atoms with E-state index in [1.165, 1.54) is 5.56 Å². The molecule has 2 aromatic carbocycles. The molecular weight excluding hydrogens is 400 g/mol. The molecule has 156 valence electrons. The summed E-state index contributed by atoms with van der Waals surface area (Å²) >= 11 is 6.23. The van der Waals surface area contributed by atoms with Crippen molar-refractivity contribution >= 4 is 17.5 Å². The smallest absolute Gasteiger partial charge is 0.249 e. The van der Waals surface area contributed by atoms with Crippen molar-refractivity contribution in [3.05, 3.63) is 71.1 Å². The fraction of sp³-hybridized carbons (Fsp3) is 0.348. The minimum absolute atomic E-state index is 0.0905. The fourth-order valence-corrected chi connectivity index (χ4v) is 3.63. The van der Waals surface area contributed by atoms with E-state index < -0.39 is 0 Å². The highest BCUT2D eigenvalue weighted by atomic mass is 35.5. The first-order chi connectivity index (χ1) is 14.6. The van der Waals surface area contributed by atoms with Crippen LogP contribution in [0.5, 0.6) is 0 Å². The average Bonchev–Trinajstić information content (AvgIpc) is 3.50. The highest BCUT2D eigenvalue weighted by Crippen LogP contribution is 2.30. The van der Waals surface area contributed by atoms with E-state index in [1.54, 1.807) is 6.07 Å². The first-order valence-corrected chi connectivity index (χ1v) is 10.6. The molecule has 1 saturated carbocycles. The van der Waals surface area contributed by atoms with E-state index in [-0.39, 0.29) is 11.9 Å². The van der Waals surface area contributed by atoms with Gasteiger partial charge in [-0.15, -0.1) is 10.2 Å². The Balaban J connectivity index is 1.43. The number of nitrogens with zero attached hydrogens (tertiary/aromatic N) is 4. The molecule has 6 nitrogen and oxygen atoms in total. The Bertz CT molecular complexity index is 988. The van der Waals surface area contributed by atoms with E-state index >= 15 is 0 Å². The molecule has 0 radical (unpaired) electrons. The van der Waals surface area contributed by atoms with Crippen molar-refractivity contribution in [2.24, 2.45) is 0 Å². The summed E-state index contributed by atoms with van der Waals surface area (Å²) in [6.07, 6.45) is 2.03. The lowest BCUT2D eigenvalue weighted by molar-refractivity contribution is -0.134. The summed E-state index contributed by atoms with van der Waals surface area (Å²) in [4.78, 5) is 17.1. The third-order valence-corrected chi connectivity index (χ3v) is 5.57. The van der Waals surface area contributed by atoms with Gasteiger partial charge in [-0.05, 0) is 37.1 Å². The molecule has 0 spiro atoms. The number of halogens is 1. The summed E-state index contributed by atoms with van der Waals surface area (Å²) in [6, 6.07) is 17.8. The van der Waals surface area contributed by atoms with Crippen molar-refractivity contribution in [2.75, 3.05) is 13.1 Å². The maximum atomic E-state index is 13.1. The van der Waals surface area contributed by atoms with Gasteiger partial charge in [0.2, 0.25) is 17.7 Å². The average molecular weight is 425 g/mol. The third kappa shape index (κ3) is 5.07. The van der Waals surface area contributed by atoms with Gasteiger partial charge in [0.15, 0.2) is 0 Å². The minimum atomic E-state index is 0.0905. The van der Waals surface area contributed by atoms with Gasteiger partial charge < -0.3 is 9.32 Å². The molecule has 1 aromatic heterocycles. The second-order valence-electron chi connectivity index (χ2n) is 7.52. The summed E-state index contributed by atoms with van der Waals surface area (Å²) in [6.45, 7) is 4.32. The number of rotatable bonds is 9. The van der Waals surface area contributed by atoms with Crippen LogP contribution in [-0.4, -0.2) is 45.0 Å². The molecular formula is C23H25ClN4O2. The van der Waals surface area contributed by atoms with Gasteiger partial charge in [-0.1, -0.05) is 61.0 Å². The number of likely N-dealkylation sites (N-methyl/N-ethyl adjacent to an activating group) is 1. The number of hydrogen-bond acceptors (Lipinski definition) is 5. The summed E-state index contributed by atoms with van der Waals surface area (Å²) < 4.78 is 5.82. The monoisotopic (exact) mass is 424 g/mol. The predicted octanol–water partition coefficient (Wildman–Crippen LogP) is 4.40. The second-order valence-corrected chi connectivity index (χ2v) is 7.93. The Hall–Kier alpha value is -2.70. The van der Waals surface area contributed by atoms with Crippen LogP contribution in [-0.2, 0) is 17.9 Å². The molecule has 1 aliphatic rings. The Morgan fingerprint density at radius 2 is 1.80 bits per heavy atom. The minimum Gasteiger partial charge on any atom is -0.419 e. The molecule has 1 aliphatic carbocycles. The van der Waals surface area contributed by atoms with Crippen LogP contribution in [0.2, 0.25) is 5.02 Å². The van der Waals surface area contributed by atoms with E-state index in [2.05, 4.69) is 34.2 Å². The molecule has 30 heavy (non-hydrogen) atoms. The zero-order chi connectivity index (χ0) is 20.9. The van der Waals surface area contributed by atoms with Crippen LogP contribution in [0, 0.1) is 0 Å². The van der Waals surface area contributed by atoms with Gasteiger partial charge in [-0.3, -0.25) is 9.69 Å². The second kappa shape index (κ2) is 9.41. The van der Waals surface area contributed by atoms with Crippen LogP contribution in [0.25, 0.3) is 11.5 Å². The number of amides is 1. The number of hydrogen-bond donors (Lipinski definition) is 0. The Morgan fingerprint density at radius 3 is 2.50 bits per heavy atom. The number of carbonyl (C=O) groups excluding carboxylic acids is 1. The molecule has 1 heterocycles. The van der Waals surface area contributed by atoms with Crippen LogP contribution >= 0.6 is 11.6 Å². The van der Waals surface area contributed by atoms with Crippen LogP contribution < -0.4 is 0 Å². The predicted molar refractivity (Wildman–Crippen MR) is 116 cm³/mol. The van der Waals surface area contributed by atoms with Crippen molar-refractivity contribution in [1.29, 1.82) is 0 Å². The fourth-order valence-electron chi connectivity index (χ4n) is 3.42. The van der Waals surface area contributed by atoms with E-state index in [4.69, 9.17) is 16.0 Å². The van der Waals surface area contributed by atoms with Gasteiger partial charge in [0.25, 0.3) is 0 Å². The molecule has 0 bridgehead atoms. The van der Waals surface area contributed by atoms with Crippen molar-refractivity contribution in [2.45, 2.75) is 38.9 Å². The molecule has 0 unspecified atom stereocenters. The normalized spacial score (nSPS) is 13.6. The lowest BCUT2D eigenvalue weighted by Gasteiger charge is -2.26. The zero-order valence-corrected chi connectivity index (χ0v) is 17.8. The van der Waals surface area contributed by atoms with Gasteiger partial charge in [0.05, 0.1) is 23.7 Å². The summed E-state index contributed by atoms with van der Waals surface area (Å²) in [5, 5.41) is 8.83. The molecule has 0 aliphatic heterocycles. The number of carbonyl (C=O) groups is 1. The molecule has 3 aromatic rings. The molecule has 0 N–H and O–H groups in total. The molecule has 1 fully saturated rings. The first kappa shape index (κ1) is 20.6. The Morgan fingerprint density at radius 1 is 1.07 bits per heavy atom. The van der Waals surface area contributed by atoms with Gasteiger partial charge in [0, 0.05) is 12.6 Å². The van der Waals surface area contributed by atoms with Crippen molar-refractivity contribution in [3.8, 4) is 11.5 Å².